The van der Waals surface area contributed by atoms with Gasteiger partial charge in [-0.25, -0.2) is 13.8 Å². The maximum atomic E-state index is 13.0. The second kappa shape index (κ2) is 3.62. The maximum Gasteiger partial charge on any atom is 0.252 e. The van der Waals surface area contributed by atoms with Crippen LogP contribution in [0.15, 0.2) is 30.3 Å². The smallest absolute Gasteiger partial charge is 0.252 e. The highest BCUT2D eigenvalue weighted by Gasteiger charge is 2.56. The van der Waals surface area contributed by atoms with E-state index in [1.165, 1.54) is 0 Å². The van der Waals surface area contributed by atoms with E-state index in [2.05, 4.69) is 4.98 Å². The maximum absolute atomic E-state index is 13.0. The fourth-order valence-electron chi connectivity index (χ4n) is 2.46. The van der Waals surface area contributed by atoms with Crippen molar-refractivity contribution in [3.8, 4) is 0 Å². The molecule has 94 valence electrons. The number of rotatable bonds is 1. The minimum absolute atomic E-state index is 0.308. The number of nitrogens with two attached hydrogens (primary N) is 1. The highest BCUT2D eigenvalue weighted by Crippen LogP contribution is 2.49. The lowest BCUT2D eigenvalue weighted by molar-refractivity contribution is -0.126. The van der Waals surface area contributed by atoms with Gasteiger partial charge in [-0.3, -0.25) is 0 Å². The SMILES string of the molecule is NC1(c2cc3ccccc3c(Cl)n2)CC(F)(F)C1. The molecule has 18 heavy (non-hydrogen) atoms. The summed E-state index contributed by atoms with van der Waals surface area (Å²) in [7, 11) is 0. The Balaban J connectivity index is 2.09. The summed E-state index contributed by atoms with van der Waals surface area (Å²) in [6.45, 7) is 0. The van der Waals surface area contributed by atoms with E-state index >= 15 is 0 Å². The first-order chi connectivity index (χ1) is 8.40. The molecule has 2 aromatic rings. The Bertz CT molecular complexity index is 619. The zero-order chi connectivity index (χ0) is 13.0. The lowest BCUT2D eigenvalue weighted by Gasteiger charge is -2.44. The summed E-state index contributed by atoms with van der Waals surface area (Å²) in [5.74, 6) is -2.69. The van der Waals surface area contributed by atoms with E-state index in [1.54, 1.807) is 6.07 Å². The Kier molecular flexibility index (Phi) is 2.37. The average molecular weight is 269 g/mol. The average Bonchev–Trinajstić information content (AvgIpc) is 2.26. The third kappa shape index (κ3) is 1.76. The van der Waals surface area contributed by atoms with Crippen molar-refractivity contribution >= 4 is 22.4 Å². The van der Waals surface area contributed by atoms with Crippen LogP contribution < -0.4 is 5.73 Å². The van der Waals surface area contributed by atoms with Gasteiger partial charge in [0.2, 0.25) is 0 Å². The second-order valence-electron chi connectivity index (χ2n) is 4.89. The quantitative estimate of drug-likeness (QED) is 0.805. The zero-order valence-corrected chi connectivity index (χ0v) is 10.2. The largest absolute Gasteiger partial charge is 0.320 e. The van der Waals surface area contributed by atoms with E-state index in [4.69, 9.17) is 17.3 Å². The van der Waals surface area contributed by atoms with Crippen LogP contribution in [0.1, 0.15) is 18.5 Å². The first kappa shape index (κ1) is 11.8. The number of nitrogens with zero attached hydrogens (tertiary/aromatic N) is 1. The summed E-state index contributed by atoms with van der Waals surface area (Å²) >= 11 is 6.07. The first-order valence-electron chi connectivity index (χ1n) is 5.62. The normalized spacial score (nSPS) is 20.7. The molecule has 0 bridgehead atoms. The zero-order valence-electron chi connectivity index (χ0n) is 9.46. The van der Waals surface area contributed by atoms with Crippen LogP contribution in [0, 0.1) is 0 Å². The van der Waals surface area contributed by atoms with Crippen molar-refractivity contribution in [1.29, 1.82) is 0 Å². The molecule has 1 aliphatic carbocycles. The van der Waals surface area contributed by atoms with Gasteiger partial charge in [-0.1, -0.05) is 35.9 Å². The second-order valence-corrected chi connectivity index (χ2v) is 5.24. The summed E-state index contributed by atoms with van der Waals surface area (Å²) in [5.41, 5.74) is 5.34. The fraction of sp³-hybridized carbons (Fsp3) is 0.308. The van der Waals surface area contributed by atoms with Crippen molar-refractivity contribution < 1.29 is 8.78 Å². The van der Waals surface area contributed by atoms with Crippen LogP contribution in [-0.4, -0.2) is 10.9 Å². The van der Waals surface area contributed by atoms with Crippen LogP contribution in [0.5, 0.6) is 0 Å². The molecular formula is C13H11ClF2N2. The van der Waals surface area contributed by atoms with Crippen molar-refractivity contribution in [2.75, 3.05) is 0 Å². The van der Waals surface area contributed by atoms with Gasteiger partial charge in [-0.15, -0.1) is 0 Å². The van der Waals surface area contributed by atoms with E-state index in [1.807, 2.05) is 24.3 Å². The van der Waals surface area contributed by atoms with Crippen molar-refractivity contribution in [2.45, 2.75) is 24.3 Å². The molecular weight excluding hydrogens is 258 g/mol. The number of halogens is 3. The minimum Gasteiger partial charge on any atom is -0.320 e. The number of pyridine rings is 1. The Morgan fingerprint density at radius 1 is 1.22 bits per heavy atom. The minimum atomic E-state index is -2.69. The lowest BCUT2D eigenvalue weighted by Crippen LogP contribution is -2.55. The predicted molar refractivity (Wildman–Crippen MR) is 66.8 cm³/mol. The Morgan fingerprint density at radius 3 is 2.56 bits per heavy atom. The van der Waals surface area contributed by atoms with Gasteiger partial charge >= 0.3 is 0 Å². The molecule has 1 saturated carbocycles. The third-order valence-electron chi connectivity index (χ3n) is 3.35. The fourth-order valence-corrected chi connectivity index (χ4v) is 2.73. The molecule has 1 aromatic heterocycles. The number of fused-ring (bicyclic) bond motifs is 1. The van der Waals surface area contributed by atoms with E-state index in [9.17, 15) is 8.78 Å². The van der Waals surface area contributed by atoms with E-state index in [0.717, 1.165) is 10.8 Å². The van der Waals surface area contributed by atoms with Crippen molar-refractivity contribution in [3.05, 3.63) is 41.2 Å². The summed E-state index contributed by atoms with van der Waals surface area (Å²) < 4.78 is 26.0. The number of alkyl halides is 2. The summed E-state index contributed by atoms with van der Waals surface area (Å²) in [4.78, 5) is 4.17. The van der Waals surface area contributed by atoms with Gasteiger partial charge in [-0.05, 0) is 11.5 Å². The topological polar surface area (TPSA) is 38.9 Å². The monoisotopic (exact) mass is 268 g/mol. The molecule has 1 aromatic carbocycles. The molecule has 0 unspecified atom stereocenters. The van der Waals surface area contributed by atoms with Crippen LogP contribution in [0.4, 0.5) is 8.78 Å². The number of hydrogen-bond acceptors (Lipinski definition) is 2. The van der Waals surface area contributed by atoms with Gasteiger partial charge < -0.3 is 5.73 Å². The molecule has 0 radical (unpaired) electrons. The molecule has 1 aliphatic rings. The van der Waals surface area contributed by atoms with Gasteiger partial charge in [0.15, 0.2) is 0 Å². The Morgan fingerprint density at radius 2 is 1.89 bits per heavy atom. The van der Waals surface area contributed by atoms with Crippen LogP contribution in [0.3, 0.4) is 0 Å². The highest BCUT2D eigenvalue weighted by molar-refractivity contribution is 6.34. The summed E-state index contributed by atoms with van der Waals surface area (Å²) in [6.07, 6.45) is -0.747. The summed E-state index contributed by atoms with van der Waals surface area (Å²) in [6, 6.07) is 9.17. The molecule has 1 heterocycles. The molecule has 3 rings (SSSR count). The van der Waals surface area contributed by atoms with Gasteiger partial charge in [0.05, 0.1) is 11.2 Å². The molecule has 5 heteroatoms. The van der Waals surface area contributed by atoms with E-state index < -0.39 is 11.5 Å². The molecule has 1 fully saturated rings. The van der Waals surface area contributed by atoms with Crippen LogP contribution in [0.25, 0.3) is 10.8 Å². The molecule has 0 atom stereocenters. The van der Waals surface area contributed by atoms with Crippen LogP contribution in [-0.2, 0) is 5.54 Å². The summed E-state index contributed by atoms with van der Waals surface area (Å²) in [5, 5.41) is 1.98. The van der Waals surface area contributed by atoms with Crippen LogP contribution >= 0.6 is 11.6 Å². The van der Waals surface area contributed by atoms with Crippen molar-refractivity contribution in [2.24, 2.45) is 5.73 Å². The predicted octanol–water partition coefficient (Wildman–Crippen LogP) is 3.47. The third-order valence-corrected chi connectivity index (χ3v) is 3.64. The van der Waals surface area contributed by atoms with Crippen molar-refractivity contribution in [1.82, 2.24) is 4.98 Å². The lowest BCUT2D eigenvalue weighted by atomic mass is 9.71. The molecule has 2 N–H and O–H groups in total. The number of hydrogen-bond donors (Lipinski definition) is 1. The molecule has 2 nitrogen and oxygen atoms in total. The molecule has 0 amide bonds. The van der Waals surface area contributed by atoms with Gasteiger partial charge in [-0.2, -0.15) is 0 Å². The van der Waals surface area contributed by atoms with Crippen LogP contribution in [0.2, 0.25) is 5.15 Å². The highest BCUT2D eigenvalue weighted by atomic mass is 35.5. The first-order valence-corrected chi connectivity index (χ1v) is 6.00. The van der Waals surface area contributed by atoms with Gasteiger partial charge in [0.25, 0.3) is 5.92 Å². The van der Waals surface area contributed by atoms with Gasteiger partial charge in [0.1, 0.15) is 5.15 Å². The molecule has 0 spiro atoms. The number of benzene rings is 1. The Hall–Kier alpha value is -1.26. The van der Waals surface area contributed by atoms with E-state index in [0.29, 0.717) is 10.8 Å². The van der Waals surface area contributed by atoms with Crippen molar-refractivity contribution in [3.63, 3.8) is 0 Å². The number of aromatic nitrogens is 1. The standard InChI is InChI=1S/C13H11ClF2N2/c14-11-9-4-2-1-3-8(9)5-10(18-11)12(17)6-13(15,16)7-12/h1-5H,6-7,17H2. The molecule has 0 saturated heterocycles. The molecule has 0 aliphatic heterocycles. The van der Waals surface area contributed by atoms with Gasteiger partial charge in [0, 0.05) is 18.2 Å². The Labute approximate surface area is 108 Å². The van der Waals surface area contributed by atoms with E-state index in [-0.39, 0.29) is 12.8 Å².